The Balaban J connectivity index is 1.97. The van der Waals surface area contributed by atoms with Crippen LogP contribution in [-0.2, 0) is 5.60 Å². The van der Waals surface area contributed by atoms with Crippen LogP contribution in [0.2, 0.25) is 0 Å². The molecule has 2 nitrogen and oxygen atoms in total. The van der Waals surface area contributed by atoms with E-state index in [1.807, 2.05) is 12.1 Å². The van der Waals surface area contributed by atoms with Crippen LogP contribution in [0, 0.1) is 11.8 Å². The summed E-state index contributed by atoms with van der Waals surface area (Å²) in [5.74, 6) is 0.914. The summed E-state index contributed by atoms with van der Waals surface area (Å²) in [6.45, 7) is 0. The molecule has 0 spiro atoms. The molecule has 0 unspecified atom stereocenters. The summed E-state index contributed by atoms with van der Waals surface area (Å²) in [6, 6.07) is 3.93. The largest absolute Gasteiger partial charge is 0.383 e. The number of rotatable bonds is 3. The number of aliphatic hydroxyl groups is 1. The highest BCUT2D eigenvalue weighted by Gasteiger charge is 2.55. The number of pyridine rings is 1. The lowest BCUT2D eigenvalue weighted by Crippen LogP contribution is -2.32. The SMILES string of the molecule is OC(c1ccc(Br)cn1)(C1CC1)C1CC1. The van der Waals surface area contributed by atoms with E-state index in [9.17, 15) is 5.11 Å². The summed E-state index contributed by atoms with van der Waals surface area (Å²) < 4.78 is 0.972. The Kier molecular flexibility index (Phi) is 2.15. The molecule has 1 aromatic rings. The quantitative estimate of drug-likeness (QED) is 0.914. The maximum Gasteiger partial charge on any atom is 0.112 e. The van der Waals surface area contributed by atoms with Gasteiger partial charge in [0, 0.05) is 10.7 Å². The molecular formula is C12H14BrNO. The van der Waals surface area contributed by atoms with Crippen LogP contribution in [0.5, 0.6) is 0 Å². The van der Waals surface area contributed by atoms with Gasteiger partial charge in [0.1, 0.15) is 5.60 Å². The van der Waals surface area contributed by atoms with Gasteiger partial charge in [0.25, 0.3) is 0 Å². The molecule has 0 radical (unpaired) electrons. The highest BCUT2D eigenvalue weighted by molar-refractivity contribution is 9.10. The molecule has 2 aliphatic carbocycles. The molecule has 0 atom stereocenters. The van der Waals surface area contributed by atoms with Crippen molar-refractivity contribution < 1.29 is 5.11 Å². The number of hydrogen-bond acceptors (Lipinski definition) is 2. The molecule has 15 heavy (non-hydrogen) atoms. The van der Waals surface area contributed by atoms with E-state index in [1.165, 1.54) is 0 Å². The third-order valence-corrected chi connectivity index (χ3v) is 4.01. The average molecular weight is 268 g/mol. The van der Waals surface area contributed by atoms with Crippen LogP contribution in [-0.4, -0.2) is 10.1 Å². The number of hydrogen-bond donors (Lipinski definition) is 1. The van der Waals surface area contributed by atoms with Crippen LogP contribution in [0.1, 0.15) is 31.4 Å². The fraction of sp³-hybridized carbons (Fsp3) is 0.583. The van der Waals surface area contributed by atoms with Gasteiger partial charge in [-0.3, -0.25) is 4.98 Å². The fourth-order valence-corrected chi connectivity index (χ4v) is 2.65. The van der Waals surface area contributed by atoms with Crippen LogP contribution in [0.25, 0.3) is 0 Å². The maximum atomic E-state index is 10.8. The molecule has 3 heteroatoms. The molecule has 2 fully saturated rings. The second-order valence-electron chi connectivity index (χ2n) is 4.74. The van der Waals surface area contributed by atoms with Crippen molar-refractivity contribution >= 4 is 15.9 Å². The van der Waals surface area contributed by atoms with E-state index in [0.717, 1.165) is 35.8 Å². The summed E-state index contributed by atoms with van der Waals surface area (Å²) in [6.07, 6.45) is 6.41. The lowest BCUT2D eigenvalue weighted by atomic mass is 9.88. The van der Waals surface area contributed by atoms with Crippen molar-refractivity contribution in [3.63, 3.8) is 0 Å². The van der Waals surface area contributed by atoms with E-state index in [1.54, 1.807) is 6.20 Å². The third kappa shape index (κ3) is 1.62. The molecule has 0 saturated heterocycles. The van der Waals surface area contributed by atoms with Gasteiger partial charge in [-0.25, -0.2) is 0 Å². The fourth-order valence-electron chi connectivity index (χ4n) is 2.41. The van der Waals surface area contributed by atoms with E-state index >= 15 is 0 Å². The second kappa shape index (κ2) is 3.29. The maximum absolute atomic E-state index is 10.8. The van der Waals surface area contributed by atoms with Gasteiger partial charge in [-0.1, -0.05) is 0 Å². The molecule has 1 heterocycles. The van der Waals surface area contributed by atoms with Crippen LogP contribution >= 0.6 is 15.9 Å². The Hall–Kier alpha value is -0.410. The van der Waals surface area contributed by atoms with Crippen LogP contribution in [0.15, 0.2) is 22.8 Å². The predicted octanol–water partition coefficient (Wildman–Crippen LogP) is 2.85. The molecule has 0 aromatic carbocycles. The summed E-state index contributed by atoms with van der Waals surface area (Å²) in [7, 11) is 0. The molecule has 80 valence electrons. The Morgan fingerprint density at radius 3 is 2.20 bits per heavy atom. The zero-order valence-electron chi connectivity index (χ0n) is 8.49. The van der Waals surface area contributed by atoms with Crippen LogP contribution in [0.3, 0.4) is 0 Å². The van der Waals surface area contributed by atoms with E-state index in [2.05, 4.69) is 20.9 Å². The van der Waals surface area contributed by atoms with Gasteiger partial charge < -0.3 is 5.11 Å². The summed E-state index contributed by atoms with van der Waals surface area (Å²) in [5.41, 5.74) is 0.247. The molecule has 0 amide bonds. The first-order valence-electron chi connectivity index (χ1n) is 5.55. The van der Waals surface area contributed by atoms with Gasteiger partial charge >= 0.3 is 0 Å². The van der Waals surface area contributed by atoms with Gasteiger partial charge in [0.05, 0.1) is 5.69 Å². The number of aromatic nitrogens is 1. The standard InChI is InChI=1S/C12H14BrNO/c13-10-5-6-11(14-7-10)12(15,8-1-2-8)9-3-4-9/h5-9,15H,1-4H2. The lowest BCUT2D eigenvalue weighted by Gasteiger charge is -2.27. The van der Waals surface area contributed by atoms with E-state index < -0.39 is 5.60 Å². The van der Waals surface area contributed by atoms with Gasteiger partial charge in [0.2, 0.25) is 0 Å². The molecular weight excluding hydrogens is 254 g/mol. The van der Waals surface area contributed by atoms with E-state index in [4.69, 9.17) is 0 Å². The molecule has 2 saturated carbocycles. The third-order valence-electron chi connectivity index (χ3n) is 3.54. The first-order chi connectivity index (χ1) is 7.21. The van der Waals surface area contributed by atoms with Crippen molar-refractivity contribution in [1.82, 2.24) is 4.98 Å². The minimum Gasteiger partial charge on any atom is -0.383 e. The Morgan fingerprint density at radius 1 is 1.20 bits per heavy atom. The normalized spacial score (nSPS) is 21.7. The first kappa shape index (κ1) is 9.79. The van der Waals surface area contributed by atoms with Crippen molar-refractivity contribution in [3.05, 3.63) is 28.5 Å². The van der Waals surface area contributed by atoms with E-state index in [0.29, 0.717) is 11.8 Å². The summed E-state index contributed by atoms with van der Waals surface area (Å²) >= 11 is 3.37. The van der Waals surface area contributed by atoms with Crippen molar-refractivity contribution in [1.29, 1.82) is 0 Å². The molecule has 2 aliphatic rings. The zero-order chi connectivity index (χ0) is 10.5. The molecule has 1 aromatic heterocycles. The highest BCUT2D eigenvalue weighted by Crippen LogP contribution is 2.56. The van der Waals surface area contributed by atoms with Crippen molar-refractivity contribution in [2.45, 2.75) is 31.3 Å². The van der Waals surface area contributed by atoms with Crippen LogP contribution in [0.4, 0.5) is 0 Å². The summed E-state index contributed by atoms with van der Waals surface area (Å²) in [4.78, 5) is 4.38. The topological polar surface area (TPSA) is 33.1 Å². The highest BCUT2D eigenvalue weighted by atomic mass is 79.9. The van der Waals surface area contributed by atoms with Gasteiger partial charge in [-0.15, -0.1) is 0 Å². The minimum atomic E-state index is -0.624. The monoisotopic (exact) mass is 267 g/mol. The Morgan fingerprint density at radius 2 is 1.80 bits per heavy atom. The molecule has 0 bridgehead atoms. The lowest BCUT2D eigenvalue weighted by molar-refractivity contribution is -0.0143. The zero-order valence-corrected chi connectivity index (χ0v) is 10.1. The summed E-state index contributed by atoms with van der Waals surface area (Å²) in [5, 5.41) is 10.8. The van der Waals surface area contributed by atoms with Gasteiger partial charge in [-0.05, 0) is 65.6 Å². The molecule has 1 N–H and O–H groups in total. The molecule has 0 aliphatic heterocycles. The predicted molar refractivity (Wildman–Crippen MR) is 61.3 cm³/mol. The second-order valence-corrected chi connectivity index (χ2v) is 5.65. The van der Waals surface area contributed by atoms with Crippen molar-refractivity contribution in [2.75, 3.05) is 0 Å². The Labute approximate surface area is 97.9 Å². The van der Waals surface area contributed by atoms with Gasteiger partial charge in [-0.2, -0.15) is 0 Å². The number of halogens is 1. The van der Waals surface area contributed by atoms with Gasteiger partial charge in [0.15, 0.2) is 0 Å². The number of nitrogens with zero attached hydrogens (tertiary/aromatic N) is 1. The van der Waals surface area contributed by atoms with E-state index in [-0.39, 0.29) is 0 Å². The van der Waals surface area contributed by atoms with Crippen molar-refractivity contribution in [3.8, 4) is 0 Å². The van der Waals surface area contributed by atoms with Crippen LogP contribution < -0.4 is 0 Å². The first-order valence-corrected chi connectivity index (χ1v) is 6.35. The smallest absolute Gasteiger partial charge is 0.112 e. The van der Waals surface area contributed by atoms with Crippen molar-refractivity contribution in [2.24, 2.45) is 11.8 Å². The average Bonchev–Trinajstić information content (AvgIpc) is 3.07. The molecule has 3 rings (SSSR count). The Bertz CT molecular complexity index is 356. The minimum absolute atomic E-state index is 0.457.